The van der Waals surface area contributed by atoms with Gasteiger partial charge in [0.1, 0.15) is 11.1 Å². The molecule has 2 N–H and O–H groups in total. The highest BCUT2D eigenvalue weighted by molar-refractivity contribution is 5.96. The van der Waals surface area contributed by atoms with Crippen molar-refractivity contribution in [2.75, 3.05) is 0 Å². The molecule has 4 rings (SSSR count). The minimum Gasteiger partial charge on any atom is -0.438 e. The second kappa shape index (κ2) is 5.66. The number of hydrogen-bond donors (Lipinski definition) is 1. The van der Waals surface area contributed by atoms with Gasteiger partial charge in [0.15, 0.2) is 0 Å². The summed E-state index contributed by atoms with van der Waals surface area (Å²) < 4.78 is 5.84. The molecule has 0 saturated heterocycles. The molecule has 0 atom stereocenters. The summed E-state index contributed by atoms with van der Waals surface area (Å²) in [5.74, 6) is -0.566. The van der Waals surface area contributed by atoms with E-state index in [1.807, 2.05) is 66.7 Å². The Balaban J connectivity index is 2.05. The van der Waals surface area contributed by atoms with E-state index >= 15 is 0 Å². The summed E-state index contributed by atoms with van der Waals surface area (Å²) in [6.07, 6.45) is 0. The van der Waals surface area contributed by atoms with E-state index in [0.717, 1.165) is 21.8 Å². The molecule has 0 aliphatic heterocycles. The fraction of sp³-hybridized carbons (Fsp3) is 0. The van der Waals surface area contributed by atoms with Crippen LogP contribution in [0, 0.1) is 0 Å². The van der Waals surface area contributed by atoms with Gasteiger partial charge in [-0.05, 0) is 23.6 Å². The van der Waals surface area contributed by atoms with E-state index < -0.39 is 5.91 Å². The molecule has 3 aromatic carbocycles. The minimum atomic E-state index is -0.566. The van der Waals surface area contributed by atoms with Crippen molar-refractivity contribution in [3.63, 3.8) is 0 Å². The van der Waals surface area contributed by atoms with Crippen LogP contribution >= 0.6 is 0 Å². The zero-order chi connectivity index (χ0) is 16.5. The van der Waals surface area contributed by atoms with Crippen LogP contribution in [0.15, 0.2) is 82.2 Å². The predicted molar refractivity (Wildman–Crippen MR) is 93.9 cm³/mol. The van der Waals surface area contributed by atoms with Crippen LogP contribution < -0.4 is 11.3 Å². The SMILES string of the molecule is NC(=O)c1cc2ccccc2oc1=Nc1cccc2ccccc12. The standard InChI is InChI=1S/C20H14N2O2/c21-19(23)16-12-14-7-2-4-11-18(14)24-20(16)22-17-10-5-8-13-6-1-3-9-15(13)17/h1-12H,(H2,21,23). The van der Waals surface area contributed by atoms with Gasteiger partial charge in [-0.3, -0.25) is 4.79 Å². The fourth-order valence-electron chi connectivity index (χ4n) is 2.74. The lowest BCUT2D eigenvalue weighted by atomic mass is 10.1. The van der Waals surface area contributed by atoms with E-state index in [4.69, 9.17) is 10.2 Å². The van der Waals surface area contributed by atoms with Gasteiger partial charge < -0.3 is 10.2 Å². The van der Waals surface area contributed by atoms with Crippen LogP contribution in [-0.2, 0) is 0 Å². The van der Waals surface area contributed by atoms with Crippen LogP contribution in [0.25, 0.3) is 21.7 Å². The Hall–Kier alpha value is -3.40. The first-order chi connectivity index (χ1) is 11.7. The molecule has 4 nitrogen and oxygen atoms in total. The van der Waals surface area contributed by atoms with Crippen molar-refractivity contribution in [3.05, 3.63) is 83.9 Å². The molecule has 1 amide bonds. The van der Waals surface area contributed by atoms with Crippen molar-refractivity contribution in [2.45, 2.75) is 0 Å². The lowest BCUT2D eigenvalue weighted by Crippen LogP contribution is -2.21. The van der Waals surface area contributed by atoms with Crippen LogP contribution in [0.2, 0.25) is 0 Å². The quantitative estimate of drug-likeness (QED) is 0.609. The van der Waals surface area contributed by atoms with Gasteiger partial charge in [-0.1, -0.05) is 54.6 Å². The Morgan fingerprint density at radius 2 is 1.58 bits per heavy atom. The average molecular weight is 314 g/mol. The molecule has 0 radical (unpaired) electrons. The van der Waals surface area contributed by atoms with Crippen molar-refractivity contribution in [2.24, 2.45) is 10.7 Å². The minimum absolute atomic E-state index is 0.220. The number of amides is 1. The molecule has 0 bridgehead atoms. The van der Waals surface area contributed by atoms with Gasteiger partial charge >= 0.3 is 0 Å². The number of para-hydroxylation sites is 1. The highest BCUT2D eigenvalue weighted by atomic mass is 16.3. The third kappa shape index (κ3) is 2.44. The van der Waals surface area contributed by atoms with Crippen molar-refractivity contribution < 1.29 is 9.21 Å². The van der Waals surface area contributed by atoms with Crippen molar-refractivity contribution in [1.82, 2.24) is 0 Å². The maximum atomic E-state index is 11.8. The van der Waals surface area contributed by atoms with Crippen LogP contribution in [0.4, 0.5) is 5.69 Å². The zero-order valence-electron chi connectivity index (χ0n) is 12.8. The number of nitrogens with zero attached hydrogens (tertiary/aromatic N) is 1. The highest BCUT2D eigenvalue weighted by Gasteiger charge is 2.09. The Kier molecular flexibility index (Phi) is 3.35. The number of rotatable bonds is 2. The Morgan fingerprint density at radius 1 is 0.875 bits per heavy atom. The first-order valence-electron chi connectivity index (χ1n) is 7.57. The highest BCUT2D eigenvalue weighted by Crippen LogP contribution is 2.25. The third-order valence-corrected chi connectivity index (χ3v) is 3.91. The Bertz CT molecular complexity index is 1140. The van der Waals surface area contributed by atoms with Crippen molar-refractivity contribution in [1.29, 1.82) is 0 Å². The van der Waals surface area contributed by atoms with E-state index in [9.17, 15) is 4.79 Å². The van der Waals surface area contributed by atoms with Gasteiger partial charge in [0.05, 0.1) is 5.69 Å². The van der Waals surface area contributed by atoms with E-state index in [-0.39, 0.29) is 11.1 Å². The summed E-state index contributed by atoms with van der Waals surface area (Å²) >= 11 is 0. The molecule has 4 aromatic rings. The molecular weight excluding hydrogens is 300 g/mol. The summed E-state index contributed by atoms with van der Waals surface area (Å²) in [5, 5.41) is 2.86. The largest absolute Gasteiger partial charge is 0.438 e. The third-order valence-electron chi connectivity index (χ3n) is 3.91. The fourth-order valence-corrected chi connectivity index (χ4v) is 2.74. The summed E-state index contributed by atoms with van der Waals surface area (Å²) in [4.78, 5) is 16.4. The molecule has 0 saturated carbocycles. The molecule has 1 aromatic heterocycles. The number of hydrogen-bond acceptors (Lipinski definition) is 3. The summed E-state index contributed by atoms with van der Waals surface area (Å²) in [5.41, 5.74) is 7.38. The van der Waals surface area contributed by atoms with Crippen molar-refractivity contribution in [3.8, 4) is 0 Å². The Morgan fingerprint density at radius 3 is 2.42 bits per heavy atom. The molecule has 1 heterocycles. The van der Waals surface area contributed by atoms with Gasteiger partial charge in [0.25, 0.3) is 5.91 Å². The number of nitrogens with two attached hydrogens (primary N) is 1. The summed E-state index contributed by atoms with van der Waals surface area (Å²) in [6.45, 7) is 0. The molecular formula is C20H14N2O2. The van der Waals surface area contributed by atoms with Gasteiger partial charge in [-0.15, -0.1) is 0 Å². The molecule has 0 aliphatic carbocycles. The number of carbonyl (C=O) groups excluding carboxylic acids is 1. The normalized spacial score (nSPS) is 11.9. The zero-order valence-corrected chi connectivity index (χ0v) is 12.8. The molecule has 116 valence electrons. The lowest BCUT2D eigenvalue weighted by molar-refractivity contribution is 0.0996. The van der Waals surface area contributed by atoms with Gasteiger partial charge in [0, 0.05) is 10.8 Å². The predicted octanol–water partition coefficient (Wildman–Crippen LogP) is 3.92. The molecule has 0 unspecified atom stereocenters. The summed E-state index contributed by atoms with van der Waals surface area (Å²) in [6, 6.07) is 22.9. The van der Waals surface area contributed by atoms with Gasteiger partial charge in [0.2, 0.25) is 5.55 Å². The molecule has 0 aliphatic rings. The topological polar surface area (TPSA) is 68.6 Å². The van der Waals surface area contributed by atoms with Crippen LogP contribution in [0.3, 0.4) is 0 Å². The molecule has 4 heteroatoms. The monoisotopic (exact) mass is 314 g/mol. The lowest BCUT2D eigenvalue weighted by Gasteiger charge is -2.04. The number of benzene rings is 3. The average Bonchev–Trinajstić information content (AvgIpc) is 2.61. The second-order valence-corrected chi connectivity index (χ2v) is 5.48. The molecule has 0 spiro atoms. The van der Waals surface area contributed by atoms with Crippen molar-refractivity contribution >= 4 is 33.3 Å². The van der Waals surface area contributed by atoms with Gasteiger partial charge in [-0.2, -0.15) is 0 Å². The maximum absolute atomic E-state index is 11.8. The number of carbonyl (C=O) groups is 1. The van der Waals surface area contributed by atoms with Crippen LogP contribution in [0.5, 0.6) is 0 Å². The molecule has 24 heavy (non-hydrogen) atoms. The van der Waals surface area contributed by atoms with Crippen LogP contribution in [0.1, 0.15) is 10.4 Å². The smallest absolute Gasteiger partial charge is 0.254 e. The Labute approximate surface area is 137 Å². The second-order valence-electron chi connectivity index (χ2n) is 5.48. The van der Waals surface area contributed by atoms with Crippen LogP contribution in [-0.4, -0.2) is 5.91 Å². The first-order valence-corrected chi connectivity index (χ1v) is 7.57. The van der Waals surface area contributed by atoms with Gasteiger partial charge in [-0.25, -0.2) is 4.99 Å². The number of fused-ring (bicyclic) bond motifs is 2. The van der Waals surface area contributed by atoms with E-state index in [1.165, 1.54) is 0 Å². The first kappa shape index (κ1) is 14.2. The maximum Gasteiger partial charge on any atom is 0.254 e. The van der Waals surface area contributed by atoms with E-state index in [0.29, 0.717) is 5.58 Å². The van der Waals surface area contributed by atoms with E-state index in [1.54, 1.807) is 6.07 Å². The number of primary amides is 1. The molecule has 0 fully saturated rings. The van der Waals surface area contributed by atoms with E-state index in [2.05, 4.69) is 4.99 Å². The summed E-state index contributed by atoms with van der Waals surface area (Å²) in [7, 11) is 0.